The average molecular weight is 490 g/mol. The Morgan fingerprint density at radius 1 is 0.971 bits per heavy atom. The van der Waals surface area contributed by atoms with E-state index in [1.165, 1.54) is 17.0 Å². The molecular formula is C26H27N5O3S. The molecule has 1 fully saturated rings. The molecule has 3 aromatic rings. The van der Waals surface area contributed by atoms with E-state index in [-0.39, 0.29) is 5.71 Å². The molecule has 0 aromatic heterocycles. The van der Waals surface area contributed by atoms with Gasteiger partial charge in [0.2, 0.25) is 5.91 Å². The molecule has 2 amide bonds. The number of morpholine rings is 1. The lowest BCUT2D eigenvalue weighted by Crippen LogP contribution is -2.30. The average Bonchev–Trinajstić information content (AvgIpc) is 2.89. The third-order valence-corrected chi connectivity index (χ3v) is 6.57. The fourth-order valence-corrected chi connectivity index (χ4v) is 4.43. The van der Waals surface area contributed by atoms with Gasteiger partial charge in [0.25, 0.3) is 5.91 Å². The molecule has 0 bridgehead atoms. The SMILES string of the molecule is N=C(C(=O)Nc1ccc(C(N)=O)cc1)c1ccccc1NCc1ccc(SN2CCOCC2)cc1. The highest BCUT2D eigenvalue weighted by atomic mass is 32.2. The van der Waals surface area contributed by atoms with Crippen molar-refractivity contribution in [2.75, 3.05) is 36.9 Å². The third kappa shape index (κ3) is 6.69. The van der Waals surface area contributed by atoms with Crippen molar-refractivity contribution in [1.82, 2.24) is 4.31 Å². The van der Waals surface area contributed by atoms with E-state index in [2.05, 4.69) is 39.2 Å². The zero-order valence-electron chi connectivity index (χ0n) is 19.1. The first kappa shape index (κ1) is 24.5. The Labute approximate surface area is 208 Å². The van der Waals surface area contributed by atoms with Crippen LogP contribution in [0.4, 0.5) is 11.4 Å². The maximum Gasteiger partial charge on any atom is 0.274 e. The summed E-state index contributed by atoms with van der Waals surface area (Å²) < 4.78 is 7.70. The number of carbonyl (C=O) groups excluding carboxylic acids is 2. The maximum atomic E-state index is 12.7. The first-order valence-electron chi connectivity index (χ1n) is 11.2. The molecule has 9 heteroatoms. The highest BCUT2D eigenvalue weighted by Crippen LogP contribution is 2.24. The van der Waals surface area contributed by atoms with Crippen LogP contribution >= 0.6 is 11.9 Å². The van der Waals surface area contributed by atoms with Crippen molar-refractivity contribution in [1.29, 1.82) is 5.41 Å². The number of nitrogens with zero attached hydrogens (tertiary/aromatic N) is 1. The van der Waals surface area contributed by atoms with Gasteiger partial charge in [-0.15, -0.1) is 0 Å². The first-order valence-corrected chi connectivity index (χ1v) is 12.0. The van der Waals surface area contributed by atoms with E-state index in [0.29, 0.717) is 29.0 Å². The Balaban J connectivity index is 1.36. The van der Waals surface area contributed by atoms with Crippen molar-refractivity contribution in [3.8, 4) is 0 Å². The fraction of sp³-hybridized carbons (Fsp3) is 0.192. The van der Waals surface area contributed by atoms with Gasteiger partial charge in [0.05, 0.1) is 13.2 Å². The van der Waals surface area contributed by atoms with Gasteiger partial charge in [0, 0.05) is 47.0 Å². The summed E-state index contributed by atoms with van der Waals surface area (Å²) in [4.78, 5) is 25.1. The zero-order valence-corrected chi connectivity index (χ0v) is 19.9. The topological polar surface area (TPSA) is 121 Å². The number of hydrogen-bond acceptors (Lipinski definition) is 7. The van der Waals surface area contributed by atoms with Gasteiger partial charge >= 0.3 is 0 Å². The molecule has 3 aromatic carbocycles. The van der Waals surface area contributed by atoms with Crippen molar-refractivity contribution in [3.63, 3.8) is 0 Å². The van der Waals surface area contributed by atoms with Gasteiger partial charge in [0.1, 0.15) is 5.71 Å². The molecule has 0 radical (unpaired) electrons. The standard InChI is InChI=1S/C26H27N5O3S/c27-24(26(33)30-20-9-7-19(8-10-20)25(28)32)22-3-1-2-4-23(22)29-17-18-5-11-21(12-6-18)35-31-13-15-34-16-14-31/h1-12,27,29H,13-17H2,(H2,28,32)(H,30,33). The number of hydrogen-bond donors (Lipinski definition) is 4. The lowest BCUT2D eigenvalue weighted by Gasteiger charge is -2.25. The van der Waals surface area contributed by atoms with Crippen molar-refractivity contribution < 1.29 is 14.3 Å². The molecule has 180 valence electrons. The first-order chi connectivity index (χ1) is 17.0. The molecule has 0 atom stereocenters. The van der Waals surface area contributed by atoms with Crippen LogP contribution in [0.5, 0.6) is 0 Å². The Morgan fingerprint density at radius 3 is 2.34 bits per heavy atom. The molecule has 1 heterocycles. The minimum atomic E-state index is -0.546. The highest BCUT2D eigenvalue weighted by Gasteiger charge is 2.16. The molecule has 1 aliphatic heterocycles. The Kier molecular flexibility index (Phi) is 8.15. The molecule has 0 unspecified atom stereocenters. The van der Waals surface area contributed by atoms with E-state index in [4.69, 9.17) is 15.9 Å². The van der Waals surface area contributed by atoms with Crippen LogP contribution in [0.25, 0.3) is 0 Å². The van der Waals surface area contributed by atoms with Crippen molar-refractivity contribution >= 4 is 40.8 Å². The van der Waals surface area contributed by atoms with E-state index in [1.807, 2.05) is 12.1 Å². The van der Waals surface area contributed by atoms with E-state index < -0.39 is 11.8 Å². The maximum absolute atomic E-state index is 12.7. The van der Waals surface area contributed by atoms with Crippen LogP contribution in [0.3, 0.4) is 0 Å². The molecule has 0 spiro atoms. The van der Waals surface area contributed by atoms with Crippen LogP contribution in [0, 0.1) is 5.41 Å². The van der Waals surface area contributed by atoms with E-state index in [0.717, 1.165) is 31.9 Å². The predicted octanol–water partition coefficient (Wildman–Crippen LogP) is 3.74. The van der Waals surface area contributed by atoms with Gasteiger partial charge in [-0.25, -0.2) is 4.31 Å². The largest absolute Gasteiger partial charge is 0.380 e. The number of primary amides is 1. The molecule has 1 aliphatic rings. The molecule has 1 saturated heterocycles. The second-order valence-electron chi connectivity index (χ2n) is 7.95. The minimum absolute atomic E-state index is 0.163. The normalized spacial score (nSPS) is 13.7. The van der Waals surface area contributed by atoms with Gasteiger partial charge < -0.3 is 21.1 Å². The van der Waals surface area contributed by atoms with Crippen LogP contribution in [0.1, 0.15) is 21.5 Å². The van der Waals surface area contributed by atoms with E-state index in [1.54, 1.807) is 36.2 Å². The quantitative estimate of drug-likeness (QED) is 0.268. The Morgan fingerprint density at radius 2 is 1.66 bits per heavy atom. The molecule has 8 nitrogen and oxygen atoms in total. The number of amides is 2. The summed E-state index contributed by atoms with van der Waals surface area (Å²) in [6, 6.07) is 21.8. The number of ether oxygens (including phenoxy) is 1. The van der Waals surface area contributed by atoms with Crippen LogP contribution in [-0.4, -0.2) is 48.1 Å². The highest BCUT2D eigenvalue weighted by molar-refractivity contribution is 7.97. The number of carbonyl (C=O) groups is 2. The lowest BCUT2D eigenvalue weighted by atomic mass is 10.1. The summed E-state index contributed by atoms with van der Waals surface area (Å²) in [5, 5.41) is 14.5. The summed E-state index contributed by atoms with van der Waals surface area (Å²) in [5.74, 6) is -1.09. The van der Waals surface area contributed by atoms with Crippen molar-refractivity contribution in [2.24, 2.45) is 5.73 Å². The van der Waals surface area contributed by atoms with Gasteiger partial charge in [-0.1, -0.05) is 30.3 Å². The van der Waals surface area contributed by atoms with Gasteiger partial charge in [-0.2, -0.15) is 0 Å². The number of benzene rings is 3. The van der Waals surface area contributed by atoms with Crippen LogP contribution in [-0.2, 0) is 16.1 Å². The fourth-order valence-electron chi connectivity index (χ4n) is 3.54. The van der Waals surface area contributed by atoms with Crippen LogP contribution < -0.4 is 16.4 Å². The number of anilines is 2. The zero-order chi connectivity index (χ0) is 24.6. The van der Waals surface area contributed by atoms with E-state index in [9.17, 15) is 9.59 Å². The monoisotopic (exact) mass is 489 g/mol. The molecule has 0 saturated carbocycles. The lowest BCUT2D eigenvalue weighted by molar-refractivity contribution is -0.110. The smallest absolute Gasteiger partial charge is 0.274 e. The number of rotatable bonds is 9. The van der Waals surface area contributed by atoms with E-state index >= 15 is 0 Å². The summed E-state index contributed by atoms with van der Waals surface area (Å²) in [5.41, 5.74) is 8.20. The van der Waals surface area contributed by atoms with Crippen molar-refractivity contribution in [2.45, 2.75) is 11.4 Å². The van der Waals surface area contributed by atoms with Crippen molar-refractivity contribution in [3.05, 3.63) is 89.5 Å². The minimum Gasteiger partial charge on any atom is -0.380 e. The predicted molar refractivity (Wildman–Crippen MR) is 139 cm³/mol. The summed E-state index contributed by atoms with van der Waals surface area (Å²) in [6.45, 7) is 3.93. The van der Waals surface area contributed by atoms with Crippen LogP contribution in [0.2, 0.25) is 0 Å². The van der Waals surface area contributed by atoms with Crippen LogP contribution in [0.15, 0.2) is 77.7 Å². The number of para-hydroxylation sites is 1. The van der Waals surface area contributed by atoms with Gasteiger partial charge in [-0.3, -0.25) is 15.0 Å². The molecular weight excluding hydrogens is 462 g/mol. The third-order valence-electron chi connectivity index (χ3n) is 5.46. The molecule has 35 heavy (non-hydrogen) atoms. The van der Waals surface area contributed by atoms with Gasteiger partial charge in [-0.05, 0) is 60.0 Å². The van der Waals surface area contributed by atoms with Gasteiger partial charge in [0.15, 0.2) is 0 Å². The second-order valence-corrected chi connectivity index (χ2v) is 9.12. The summed E-state index contributed by atoms with van der Waals surface area (Å²) in [6.07, 6.45) is 0. The number of nitrogens with one attached hydrogen (secondary N) is 3. The number of nitrogens with two attached hydrogens (primary N) is 1. The summed E-state index contributed by atoms with van der Waals surface area (Å²) >= 11 is 1.74. The molecule has 5 N–H and O–H groups in total. The summed E-state index contributed by atoms with van der Waals surface area (Å²) in [7, 11) is 0. The Hall–Kier alpha value is -3.66. The molecule has 0 aliphatic carbocycles. The second kappa shape index (κ2) is 11.7. The Bertz CT molecular complexity index is 1190. The molecule has 4 rings (SSSR count).